The third-order valence-electron chi connectivity index (χ3n) is 4.76. The fraction of sp³-hybridized carbons (Fsp3) is 0.435. The van der Waals surface area contributed by atoms with E-state index in [1.54, 1.807) is 11.8 Å². The molecule has 28 heavy (non-hydrogen) atoms. The monoisotopic (exact) mass is 399 g/mol. The Morgan fingerprint density at radius 1 is 1.14 bits per heavy atom. The quantitative estimate of drug-likeness (QED) is 0.757. The summed E-state index contributed by atoms with van der Waals surface area (Å²) < 4.78 is 5.48. The first kappa shape index (κ1) is 20.7. The van der Waals surface area contributed by atoms with Crippen LogP contribution in [0.1, 0.15) is 38.3 Å². The number of benzene rings is 2. The first-order valence-electron chi connectivity index (χ1n) is 9.67. The van der Waals surface area contributed by atoms with Crippen molar-refractivity contribution in [2.24, 2.45) is 0 Å². The van der Waals surface area contributed by atoms with Crippen molar-refractivity contribution in [1.29, 1.82) is 0 Å². The first-order chi connectivity index (χ1) is 13.3. The molecule has 1 unspecified atom stereocenters. The highest BCUT2D eigenvalue weighted by atomic mass is 32.2. The summed E-state index contributed by atoms with van der Waals surface area (Å²) in [6, 6.07) is 18.3. The largest absolute Gasteiger partial charge is 0.488 e. The fourth-order valence-electron chi connectivity index (χ4n) is 3.64. The lowest BCUT2D eigenvalue weighted by atomic mass is 9.93. The minimum atomic E-state index is -0.760. The molecule has 1 aliphatic heterocycles. The van der Waals surface area contributed by atoms with Gasteiger partial charge in [0.25, 0.3) is 0 Å². The van der Waals surface area contributed by atoms with Gasteiger partial charge < -0.3 is 9.84 Å². The third kappa shape index (κ3) is 5.52. The average molecular weight is 400 g/mol. The molecule has 0 aliphatic carbocycles. The second-order valence-corrected chi connectivity index (χ2v) is 9.83. The molecule has 1 heterocycles. The Morgan fingerprint density at radius 3 is 2.43 bits per heavy atom. The van der Waals surface area contributed by atoms with Crippen molar-refractivity contribution in [3.05, 3.63) is 65.7 Å². The predicted octanol–water partition coefficient (Wildman–Crippen LogP) is 4.78. The molecule has 0 aromatic heterocycles. The SMILES string of the molecule is CC(C)(C)Oc1ccc(C2(CC(=O)O)CN(Cc3ccccc3)CCS2)cc1. The summed E-state index contributed by atoms with van der Waals surface area (Å²) in [6.07, 6.45) is 0.114. The van der Waals surface area contributed by atoms with Gasteiger partial charge in [-0.15, -0.1) is 11.8 Å². The Kier molecular flexibility index (Phi) is 6.36. The maximum Gasteiger partial charge on any atom is 0.305 e. The second kappa shape index (κ2) is 8.58. The van der Waals surface area contributed by atoms with Gasteiger partial charge in [0, 0.05) is 25.4 Å². The number of carboxylic acid groups (broad SMARTS) is 1. The van der Waals surface area contributed by atoms with E-state index < -0.39 is 10.7 Å². The van der Waals surface area contributed by atoms with Crippen LogP contribution in [-0.2, 0) is 16.1 Å². The average Bonchev–Trinajstić information content (AvgIpc) is 2.61. The van der Waals surface area contributed by atoms with Crippen LogP contribution >= 0.6 is 11.8 Å². The molecule has 0 saturated carbocycles. The summed E-state index contributed by atoms with van der Waals surface area (Å²) in [7, 11) is 0. The zero-order chi connectivity index (χ0) is 20.2. The van der Waals surface area contributed by atoms with Gasteiger partial charge in [-0.1, -0.05) is 42.5 Å². The molecule has 2 aromatic rings. The van der Waals surface area contributed by atoms with Crippen molar-refractivity contribution >= 4 is 17.7 Å². The van der Waals surface area contributed by atoms with Crippen LogP contribution in [0.4, 0.5) is 0 Å². The van der Waals surface area contributed by atoms with Crippen molar-refractivity contribution in [1.82, 2.24) is 4.90 Å². The zero-order valence-corrected chi connectivity index (χ0v) is 17.7. The fourth-order valence-corrected chi connectivity index (χ4v) is 5.18. The van der Waals surface area contributed by atoms with E-state index in [4.69, 9.17) is 4.74 Å². The normalized spacial score (nSPS) is 20.7. The van der Waals surface area contributed by atoms with Crippen molar-refractivity contribution in [2.45, 2.75) is 44.1 Å². The Bertz CT molecular complexity index is 786. The van der Waals surface area contributed by atoms with E-state index in [0.29, 0.717) is 0 Å². The molecule has 1 N–H and O–H groups in total. The molecule has 1 atom stereocenters. The molecule has 1 saturated heterocycles. The van der Waals surface area contributed by atoms with E-state index in [0.717, 1.165) is 36.7 Å². The lowest BCUT2D eigenvalue weighted by Crippen LogP contribution is -2.45. The molecule has 1 aliphatic rings. The van der Waals surface area contributed by atoms with Crippen LogP contribution in [0, 0.1) is 0 Å². The van der Waals surface area contributed by atoms with Crippen molar-refractivity contribution in [3.8, 4) is 5.75 Å². The van der Waals surface area contributed by atoms with E-state index in [1.165, 1.54) is 5.56 Å². The number of nitrogens with zero attached hydrogens (tertiary/aromatic N) is 1. The van der Waals surface area contributed by atoms with Crippen LogP contribution in [0.3, 0.4) is 0 Å². The van der Waals surface area contributed by atoms with Gasteiger partial charge in [0.15, 0.2) is 0 Å². The van der Waals surface area contributed by atoms with Gasteiger partial charge >= 0.3 is 5.97 Å². The lowest BCUT2D eigenvalue weighted by molar-refractivity contribution is -0.137. The minimum Gasteiger partial charge on any atom is -0.488 e. The molecule has 0 radical (unpaired) electrons. The topological polar surface area (TPSA) is 49.8 Å². The molecule has 3 rings (SSSR count). The highest BCUT2D eigenvalue weighted by molar-refractivity contribution is 8.00. The molecule has 5 heteroatoms. The van der Waals surface area contributed by atoms with E-state index in [1.807, 2.05) is 63.2 Å². The molecular formula is C23H29NO3S. The number of ether oxygens (including phenoxy) is 1. The van der Waals surface area contributed by atoms with Gasteiger partial charge in [-0.05, 0) is 44.0 Å². The van der Waals surface area contributed by atoms with E-state index in [9.17, 15) is 9.90 Å². The molecule has 2 aromatic carbocycles. The van der Waals surface area contributed by atoms with Crippen LogP contribution < -0.4 is 4.74 Å². The molecule has 150 valence electrons. The number of rotatable bonds is 6. The van der Waals surface area contributed by atoms with Crippen LogP contribution in [0.25, 0.3) is 0 Å². The maximum absolute atomic E-state index is 11.7. The Morgan fingerprint density at radius 2 is 1.82 bits per heavy atom. The smallest absolute Gasteiger partial charge is 0.305 e. The van der Waals surface area contributed by atoms with Gasteiger partial charge in [0.1, 0.15) is 11.4 Å². The van der Waals surface area contributed by atoms with Crippen molar-refractivity contribution in [3.63, 3.8) is 0 Å². The summed E-state index contributed by atoms with van der Waals surface area (Å²) >= 11 is 1.76. The summed E-state index contributed by atoms with van der Waals surface area (Å²) in [4.78, 5) is 14.1. The first-order valence-corrected chi connectivity index (χ1v) is 10.7. The maximum atomic E-state index is 11.7. The molecule has 0 amide bonds. The summed E-state index contributed by atoms with van der Waals surface area (Å²) in [5.74, 6) is 0.966. The number of carbonyl (C=O) groups is 1. The summed E-state index contributed by atoms with van der Waals surface area (Å²) in [5, 5.41) is 9.62. The highest BCUT2D eigenvalue weighted by Gasteiger charge is 2.40. The van der Waals surface area contributed by atoms with Crippen LogP contribution in [0.2, 0.25) is 0 Å². The summed E-state index contributed by atoms with van der Waals surface area (Å²) in [6.45, 7) is 8.58. The zero-order valence-electron chi connectivity index (χ0n) is 16.9. The van der Waals surface area contributed by atoms with E-state index in [2.05, 4.69) is 17.0 Å². The van der Waals surface area contributed by atoms with Crippen molar-refractivity contribution < 1.29 is 14.6 Å². The van der Waals surface area contributed by atoms with E-state index in [-0.39, 0.29) is 12.0 Å². The van der Waals surface area contributed by atoms with Crippen molar-refractivity contribution in [2.75, 3.05) is 18.8 Å². The number of hydrogen-bond acceptors (Lipinski definition) is 4. The molecule has 1 fully saturated rings. The molecule has 4 nitrogen and oxygen atoms in total. The van der Waals surface area contributed by atoms with Gasteiger partial charge in [-0.25, -0.2) is 0 Å². The van der Waals surface area contributed by atoms with Gasteiger partial charge in [-0.2, -0.15) is 0 Å². The van der Waals surface area contributed by atoms with Gasteiger partial charge in [0.2, 0.25) is 0 Å². The lowest BCUT2D eigenvalue weighted by Gasteiger charge is -2.42. The Hall–Kier alpha value is -1.98. The van der Waals surface area contributed by atoms with Crippen LogP contribution in [0.5, 0.6) is 5.75 Å². The van der Waals surface area contributed by atoms with Gasteiger partial charge in [0.05, 0.1) is 11.2 Å². The molecular weight excluding hydrogens is 370 g/mol. The molecule has 0 bridgehead atoms. The Balaban J connectivity index is 1.82. The summed E-state index contributed by atoms with van der Waals surface area (Å²) in [5.41, 5.74) is 2.05. The third-order valence-corrected chi connectivity index (χ3v) is 6.20. The predicted molar refractivity (Wildman–Crippen MR) is 115 cm³/mol. The minimum absolute atomic E-state index is 0.114. The standard InChI is InChI=1S/C23H29NO3S/c1-22(2,3)27-20-11-9-19(10-12-20)23(15-21(25)26)17-24(13-14-28-23)16-18-7-5-4-6-8-18/h4-12H,13-17H2,1-3H3,(H,25,26). The van der Waals surface area contributed by atoms with Crippen LogP contribution in [-0.4, -0.2) is 40.4 Å². The second-order valence-electron chi connectivity index (χ2n) is 8.35. The highest BCUT2D eigenvalue weighted by Crippen LogP contribution is 2.44. The number of thioether (sulfide) groups is 1. The van der Waals surface area contributed by atoms with E-state index >= 15 is 0 Å². The van der Waals surface area contributed by atoms with Gasteiger partial charge in [-0.3, -0.25) is 9.69 Å². The number of carboxylic acids is 1. The number of hydrogen-bond donors (Lipinski definition) is 1. The van der Waals surface area contributed by atoms with Crippen LogP contribution in [0.15, 0.2) is 54.6 Å². The molecule has 0 spiro atoms. The number of aliphatic carboxylic acids is 1. The Labute approximate surface area is 171 Å².